The molecule has 3 heteroatoms. The lowest BCUT2D eigenvalue weighted by atomic mass is 9.53. The zero-order chi connectivity index (χ0) is 18.0. The van der Waals surface area contributed by atoms with E-state index in [1.807, 2.05) is 43.3 Å². The minimum Gasteiger partial charge on any atom is -0.463 e. The van der Waals surface area contributed by atoms with Gasteiger partial charge in [-0.25, -0.2) is 4.79 Å². The molecule has 26 heavy (non-hydrogen) atoms. The zero-order valence-corrected chi connectivity index (χ0v) is 15.9. The third kappa shape index (κ3) is 3.88. The van der Waals surface area contributed by atoms with Gasteiger partial charge in [0, 0.05) is 11.1 Å². The standard InChI is InChI=1S/C23H31NO2/c1-2-26-22(25)21(13-17-6-4-3-5-7-17)8-9-24-23-14-18-10-19(15-23)12-20(11-18)16-23/h3-7,13,18-20,24H,2,8-12,14-16H2,1H3/b21-13-. The minimum absolute atomic E-state index is 0.177. The van der Waals surface area contributed by atoms with Crippen molar-refractivity contribution in [2.24, 2.45) is 17.8 Å². The monoisotopic (exact) mass is 353 g/mol. The molecule has 1 aromatic rings. The molecule has 4 bridgehead atoms. The van der Waals surface area contributed by atoms with Crippen LogP contribution in [-0.2, 0) is 9.53 Å². The molecule has 4 fully saturated rings. The van der Waals surface area contributed by atoms with E-state index in [1.165, 1.54) is 38.5 Å². The number of esters is 1. The summed E-state index contributed by atoms with van der Waals surface area (Å²) < 4.78 is 5.29. The van der Waals surface area contributed by atoms with Crippen LogP contribution in [-0.4, -0.2) is 24.7 Å². The van der Waals surface area contributed by atoms with Crippen molar-refractivity contribution in [2.45, 2.75) is 57.4 Å². The van der Waals surface area contributed by atoms with Gasteiger partial charge >= 0.3 is 5.97 Å². The van der Waals surface area contributed by atoms with E-state index in [0.29, 0.717) is 12.1 Å². The van der Waals surface area contributed by atoms with Gasteiger partial charge in [-0.15, -0.1) is 0 Å². The van der Waals surface area contributed by atoms with Crippen LogP contribution in [0.15, 0.2) is 35.9 Å². The Hall–Kier alpha value is -1.61. The Kier molecular flexibility index (Phi) is 5.17. The Morgan fingerprint density at radius 1 is 1.12 bits per heavy atom. The number of carbonyl (C=O) groups excluding carboxylic acids is 1. The number of hydrogen-bond acceptors (Lipinski definition) is 3. The van der Waals surface area contributed by atoms with E-state index in [0.717, 1.165) is 41.9 Å². The molecule has 0 atom stereocenters. The zero-order valence-electron chi connectivity index (χ0n) is 15.9. The molecular weight excluding hydrogens is 322 g/mol. The average molecular weight is 354 g/mol. The van der Waals surface area contributed by atoms with Crippen LogP contribution in [0.2, 0.25) is 0 Å². The Labute approximate surface area is 157 Å². The average Bonchev–Trinajstić information content (AvgIpc) is 2.60. The molecule has 0 heterocycles. The Morgan fingerprint density at radius 2 is 1.73 bits per heavy atom. The van der Waals surface area contributed by atoms with Gasteiger partial charge in [0.2, 0.25) is 0 Å². The summed E-state index contributed by atoms with van der Waals surface area (Å²) in [6.07, 6.45) is 11.1. The third-order valence-electron chi connectivity index (χ3n) is 6.61. The van der Waals surface area contributed by atoms with Gasteiger partial charge in [-0.2, -0.15) is 0 Å². The number of nitrogens with one attached hydrogen (secondary N) is 1. The first kappa shape index (κ1) is 17.8. The molecule has 0 saturated heterocycles. The van der Waals surface area contributed by atoms with E-state index in [-0.39, 0.29) is 5.97 Å². The lowest BCUT2D eigenvalue weighted by Gasteiger charge is -2.57. The van der Waals surface area contributed by atoms with Gasteiger partial charge in [0.25, 0.3) is 0 Å². The maximum atomic E-state index is 12.4. The number of carbonyl (C=O) groups is 1. The van der Waals surface area contributed by atoms with Gasteiger partial charge in [-0.3, -0.25) is 0 Å². The molecule has 140 valence electrons. The van der Waals surface area contributed by atoms with E-state index in [1.54, 1.807) is 0 Å². The first-order chi connectivity index (χ1) is 12.7. The molecule has 0 aliphatic heterocycles. The van der Waals surface area contributed by atoms with Gasteiger partial charge in [0.15, 0.2) is 0 Å². The van der Waals surface area contributed by atoms with Crippen molar-refractivity contribution < 1.29 is 9.53 Å². The molecule has 1 aromatic carbocycles. The van der Waals surface area contributed by atoms with E-state index in [2.05, 4.69) is 5.32 Å². The Balaban J connectivity index is 1.40. The van der Waals surface area contributed by atoms with Crippen molar-refractivity contribution in [3.05, 3.63) is 41.5 Å². The molecule has 4 saturated carbocycles. The number of hydrogen-bond donors (Lipinski definition) is 1. The summed E-state index contributed by atoms with van der Waals surface area (Å²) in [6.45, 7) is 3.16. The maximum Gasteiger partial charge on any atom is 0.334 e. The molecule has 5 rings (SSSR count). The largest absolute Gasteiger partial charge is 0.463 e. The fourth-order valence-electron chi connectivity index (χ4n) is 6.00. The van der Waals surface area contributed by atoms with E-state index >= 15 is 0 Å². The summed E-state index contributed by atoms with van der Waals surface area (Å²) >= 11 is 0. The van der Waals surface area contributed by atoms with Crippen LogP contribution >= 0.6 is 0 Å². The van der Waals surface area contributed by atoms with Gasteiger partial charge in [-0.05, 0) is 87.8 Å². The second-order valence-corrected chi connectivity index (χ2v) is 8.68. The van der Waals surface area contributed by atoms with Crippen LogP contribution in [0.1, 0.15) is 57.4 Å². The van der Waals surface area contributed by atoms with Gasteiger partial charge in [0.05, 0.1) is 6.61 Å². The highest BCUT2D eigenvalue weighted by Crippen LogP contribution is 2.55. The minimum atomic E-state index is -0.177. The van der Waals surface area contributed by atoms with E-state index < -0.39 is 0 Å². The topological polar surface area (TPSA) is 38.3 Å². The van der Waals surface area contributed by atoms with Crippen LogP contribution in [0.4, 0.5) is 0 Å². The molecule has 4 aliphatic carbocycles. The van der Waals surface area contributed by atoms with Crippen molar-refractivity contribution in [3.63, 3.8) is 0 Å². The van der Waals surface area contributed by atoms with Crippen LogP contribution < -0.4 is 5.32 Å². The van der Waals surface area contributed by atoms with E-state index in [4.69, 9.17) is 4.74 Å². The van der Waals surface area contributed by atoms with Crippen molar-refractivity contribution in [1.82, 2.24) is 5.32 Å². The normalized spacial score (nSPS) is 32.7. The highest BCUT2D eigenvalue weighted by molar-refractivity contribution is 5.93. The van der Waals surface area contributed by atoms with Gasteiger partial charge in [0.1, 0.15) is 0 Å². The lowest BCUT2D eigenvalue weighted by Crippen LogP contribution is -2.58. The predicted octanol–water partition coefficient (Wildman–Crippen LogP) is 4.58. The Morgan fingerprint density at radius 3 is 2.31 bits per heavy atom. The molecule has 3 nitrogen and oxygen atoms in total. The second kappa shape index (κ2) is 7.56. The fourth-order valence-corrected chi connectivity index (χ4v) is 6.00. The SMILES string of the molecule is CCOC(=O)/C(=C\c1ccccc1)CCNC12CC3CC(CC(C3)C1)C2. The van der Waals surface area contributed by atoms with Gasteiger partial charge in [-0.1, -0.05) is 30.3 Å². The molecule has 1 N–H and O–H groups in total. The van der Waals surface area contributed by atoms with Crippen LogP contribution in [0, 0.1) is 17.8 Å². The summed E-state index contributed by atoms with van der Waals surface area (Å²) in [6, 6.07) is 10.1. The number of benzene rings is 1. The molecular formula is C23H31NO2. The van der Waals surface area contributed by atoms with Crippen molar-refractivity contribution in [2.75, 3.05) is 13.2 Å². The summed E-state index contributed by atoms with van der Waals surface area (Å²) in [5, 5.41) is 3.89. The Bertz CT molecular complexity index is 629. The van der Waals surface area contributed by atoms with Crippen LogP contribution in [0.25, 0.3) is 6.08 Å². The van der Waals surface area contributed by atoms with Crippen LogP contribution in [0.3, 0.4) is 0 Å². The smallest absolute Gasteiger partial charge is 0.334 e. The van der Waals surface area contributed by atoms with Crippen molar-refractivity contribution in [1.29, 1.82) is 0 Å². The molecule has 0 amide bonds. The maximum absolute atomic E-state index is 12.4. The molecule has 4 aliphatic rings. The predicted molar refractivity (Wildman–Crippen MR) is 105 cm³/mol. The van der Waals surface area contributed by atoms with Crippen molar-refractivity contribution in [3.8, 4) is 0 Å². The first-order valence-corrected chi connectivity index (χ1v) is 10.3. The van der Waals surface area contributed by atoms with E-state index in [9.17, 15) is 4.79 Å². The number of rotatable bonds is 7. The molecule has 0 aromatic heterocycles. The number of ether oxygens (including phenoxy) is 1. The molecule has 0 unspecified atom stereocenters. The highest BCUT2D eigenvalue weighted by atomic mass is 16.5. The first-order valence-electron chi connectivity index (χ1n) is 10.3. The van der Waals surface area contributed by atoms with Crippen molar-refractivity contribution >= 4 is 12.0 Å². The lowest BCUT2D eigenvalue weighted by molar-refractivity contribution is -0.138. The summed E-state index contributed by atoms with van der Waals surface area (Å²) in [5.74, 6) is 2.65. The second-order valence-electron chi connectivity index (χ2n) is 8.68. The fraction of sp³-hybridized carbons (Fsp3) is 0.609. The quantitative estimate of drug-likeness (QED) is 0.576. The third-order valence-corrected chi connectivity index (χ3v) is 6.61. The molecule has 0 spiro atoms. The summed E-state index contributed by atoms with van der Waals surface area (Å²) in [7, 11) is 0. The van der Waals surface area contributed by atoms with Gasteiger partial charge < -0.3 is 10.1 Å². The summed E-state index contributed by atoms with van der Waals surface area (Å²) in [5.41, 5.74) is 2.18. The highest BCUT2D eigenvalue weighted by Gasteiger charge is 2.50. The van der Waals surface area contributed by atoms with Crippen LogP contribution in [0.5, 0.6) is 0 Å². The molecule has 0 radical (unpaired) electrons. The summed E-state index contributed by atoms with van der Waals surface area (Å²) in [4.78, 5) is 12.4.